The van der Waals surface area contributed by atoms with Crippen LogP contribution in [0.5, 0.6) is 0 Å². The van der Waals surface area contributed by atoms with E-state index in [9.17, 15) is 13.2 Å². The van der Waals surface area contributed by atoms with Gasteiger partial charge in [-0.3, -0.25) is 0 Å². The Morgan fingerprint density at radius 1 is 1.31 bits per heavy atom. The molecule has 1 rings (SSSR count). The number of halogens is 3. The zero-order chi connectivity index (χ0) is 12.2. The highest BCUT2D eigenvalue weighted by Crippen LogP contribution is 2.15. The van der Waals surface area contributed by atoms with E-state index in [1.165, 1.54) is 4.68 Å². The fourth-order valence-electron chi connectivity index (χ4n) is 1.33. The summed E-state index contributed by atoms with van der Waals surface area (Å²) in [5.74, 6) is 0. The molecule has 0 unspecified atom stereocenters. The highest BCUT2D eigenvalue weighted by Gasteiger charge is 2.27. The molecule has 1 aromatic rings. The number of ether oxygens (including phenoxy) is 1. The van der Waals surface area contributed by atoms with Gasteiger partial charge in [-0.2, -0.15) is 18.3 Å². The Balaban J connectivity index is 2.55. The van der Waals surface area contributed by atoms with Crippen LogP contribution in [0.4, 0.5) is 13.2 Å². The van der Waals surface area contributed by atoms with Crippen LogP contribution in [0.15, 0.2) is 6.07 Å². The van der Waals surface area contributed by atoms with E-state index in [1.54, 1.807) is 0 Å². The monoisotopic (exact) mass is 236 g/mol. The van der Waals surface area contributed by atoms with Crippen LogP contribution in [-0.2, 0) is 24.3 Å². The third kappa shape index (κ3) is 3.84. The largest absolute Gasteiger partial charge is 0.411 e. The normalized spacial score (nSPS) is 12.1. The summed E-state index contributed by atoms with van der Waals surface area (Å²) >= 11 is 0. The van der Waals surface area contributed by atoms with Gasteiger partial charge in [-0.05, 0) is 18.9 Å². The van der Waals surface area contributed by atoms with E-state index in [2.05, 4.69) is 9.84 Å². The molecule has 0 bridgehead atoms. The van der Waals surface area contributed by atoms with Gasteiger partial charge >= 0.3 is 6.18 Å². The molecular formula is C10H15F3N2O. The third-order valence-corrected chi connectivity index (χ3v) is 2.12. The Labute approximate surface area is 92.2 Å². The van der Waals surface area contributed by atoms with Crippen molar-refractivity contribution < 1.29 is 17.9 Å². The van der Waals surface area contributed by atoms with Crippen LogP contribution in [0, 0.1) is 0 Å². The van der Waals surface area contributed by atoms with Gasteiger partial charge in [0.1, 0.15) is 13.3 Å². The van der Waals surface area contributed by atoms with Crippen molar-refractivity contribution >= 4 is 0 Å². The Morgan fingerprint density at radius 3 is 2.50 bits per heavy atom. The molecule has 0 amide bonds. The first kappa shape index (κ1) is 13.0. The van der Waals surface area contributed by atoms with E-state index in [-0.39, 0.29) is 6.73 Å². The van der Waals surface area contributed by atoms with Crippen LogP contribution in [0.25, 0.3) is 0 Å². The molecule has 0 saturated heterocycles. The van der Waals surface area contributed by atoms with Gasteiger partial charge in [-0.15, -0.1) is 0 Å². The highest BCUT2D eigenvalue weighted by molar-refractivity contribution is 5.09. The molecule has 0 aliphatic carbocycles. The number of aromatic nitrogens is 2. The topological polar surface area (TPSA) is 27.1 Å². The molecule has 92 valence electrons. The molecule has 0 aliphatic rings. The van der Waals surface area contributed by atoms with E-state index in [1.807, 2.05) is 19.9 Å². The minimum absolute atomic E-state index is 0.150. The van der Waals surface area contributed by atoms with Crippen LogP contribution in [-0.4, -0.2) is 22.6 Å². The zero-order valence-corrected chi connectivity index (χ0v) is 9.34. The predicted octanol–water partition coefficient (Wildman–Crippen LogP) is 2.54. The summed E-state index contributed by atoms with van der Waals surface area (Å²) in [5.41, 5.74) is 1.76. The summed E-state index contributed by atoms with van der Waals surface area (Å²) < 4.78 is 41.6. The number of rotatable bonds is 5. The van der Waals surface area contributed by atoms with Gasteiger partial charge in [0.25, 0.3) is 0 Å². The van der Waals surface area contributed by atoms with E-state index in [0.717, 1.165) is 24.2 Å². The summed E-state index contributed by atoms with van der Waals surface area (Å²) in [7, 11) is 0. The Kier molecular flexibility index (Phi) is 4.35. The van der Waals surface area contributed by atoms with Crippen LogP contribution in [0.2, 0.25) is 0 Å². The van der Waals surface area contributed by atoms with E-state index >= 15 is 0 Å². The minimum Gasteiger partial charge on any atom is -0.350 e. The fraction of sp³-hybridized carbons (Fsp3) is 0.700. The SMILES string of the molecule is CCc1cc(CC)n(COCC(F)(F)F)n1. The van der Waals surface area contributed by atoms with Crippen LogP contribution >= 0.6 is 0 Å². The zero-order valence-electron chi connectivity index (χ0n) is 9.34. The molecule has 0 N–H and O–H groups in total. The standard InChI is InChI=1S/C10H15F3N2O/c1-3-8-5-9(4-2)15(14-8)7-16-6-10(11,12)13/h5H,3-4,6-7H2,1-2H3. The molecule has 0 spiro atoms. The lowest BCUT2D eigenvalue weighted by Crippen LogP contribution is -2.19. The molecule has 1 heterocycles. The highest BCUT2D eigenvalue weighted by atomic mass is 19.4. The van der Waals surface area contributed by atoms with Crippen molar-refractivity contribution in [2.75, 3.05) is 6.61 Å². The summed E-state index contributed by atoms with van der Waals surface area (Å²) in [6, 6.07) is 1.89. The van der Waals surface area contributed by atoms with Gasteiger partial charge in [-0.1, -0.05) is 13.8 Å². The molecule has 0 aromatic carbocycles. The number of aryl methyl sites for hydroxylation is 2. The number of hydrogen-bond donors (Lipinski definition) is 0. The van der Waals surface area contributed by atoms with Gasteiger partial charge in [0.15, 0.2) is 0 Å². The average Bonchev–Trinajstić information content (AvgIpc) is 2.58. The second kappa shape index (κ2) is 5.34. The first-order valence-corrected chi connectivity index (χ1v) is 5.16. The average molecular weight is 236 g/mol. The summed E-state index contributed by atoms with van der Waals surface area (Å²) in [6.45, 7) is 2.49. The summed E-state index contributed by atoms with van der Waals surface area (Å²) in [5, 5.41) is 4.14. The lowest BCUT2D eigenvalue weighted by atomic mass is 10.3. The van der Waals surface area contributed by atoms with E-state index in [4.69, 9.17) is 0 Å². The maximum atomic E-state index is 11.9. The van der Waals surface area contributed by atoms with Crippen molar-refractivity contribution in [3.05, 3.63) is 17.5 Å². The van der Waals surface area contributed by atoms with Crippen molar-refractivity contribution in [1.29, 1.82) is 0 Å². The molecule has 16 heavy (non-hydrogen) atoms. The maximum absolute atomic E-state index is 11.9. The van der Waals surface area contributed by atoms with E-state index < -0.39 is 12.8 Å². The summed E-state index contributed by atoms with van der Waals surface area (Å²) in [4.78, 5) is 0. The van der Waals surface area contributed by atoms with Gasteiger partial charge in [0.2, 0.25) is 0 Å². The van der Waals surface area contributed by atoms with Gasteiger partial charge in [0.05, 0.1) is 5.69 Å². The summed E-state index contributed by atoms with van der Waals surface area (Å²) in [6.07, 6.45) is -2.80. The van der Waals surface area contributed by atoms with Crippen molar-refractivity contribution in [1.82, 2.24) is 9.78 Å². The molecule has 0 aliphatic heterocycles. The number of alkyl halides is 3. The molecule has 0 fully saturated rings. The van der Waals surface area contributed by atoms with Crippen LogP contribution in [0.1, 0.15) is 25.2 Å². The molecular weight excluding hydrogens is 221 g/mol. The lowest BCUT2D eigenvalue weighted by molar-refractivity contribution is -0.182. The third-order valence-electron chi connectivity index (χ3n) is 2.12. The van der Waals surface area contributed by atoms with Crippen LogP contribution < -0.4 is 0 Å². The fourth-order valence-corrected chi connectivity index (χ4v) is 1.33. The Hall–Kier alpha value is -1.04. The minimum atomic E-state index is -4.28. The van der Waals surface area contributed by atoms with Crippen molar-refractivity contribution in [2.45, 2.75) is 39.6 Å². The predicted molar refractivity (Wildman–Crippen MR) is 53.0 cm³/mol. The molecule has 3 nitrogen and oxygen atoms in total. The number of hydrogen-bond acceptors (Lipinski definition) is 2. The number of nitrogens with zero attached hydrogens (tertiary/aromatic N) is 2. The Bertz CT molecular complexity index is 333. The maximum Gasteiger partial charge on any atom is 0.411 e. The Morgan fingerprint density at radius 2 is 2.00 bits per heavy atom. The molecule has 6 heteroatoms. The first-order valence-electron chi connectivity index (χ1n) is 5.16. The second-order valence-corrected chi connectivity index (χ2v) is 3.43. The molecule has 0 radical (unpaired) electrons. The quantitative estimate of drug-likeness (QED) is 0.785. The van der Waals surface area contributed by atoms with E-state index in [0.29, 0.717) is 0 Å². The molecule has 0 saturated carbocycles. The molecule has 1 aromatic heterocycles. The van der Waals surface area contributed by atoms with Gasteiger partial charge < -0.3 is 4.74 Å². The van der Waals surface area contributed by atoms with Gasteiger partial charge in [-0.25, -0.2) is 4.68 Å². The second-order valence-electron chi connectivity index (χ2n) is 3.43. The lowest BCUT2D eigenvalue weighted by Gasteiger charge is -2.09. The van der Waals surface area contributed by atoms with Crippen molar-refractivity contribution in [2.24, 2.45) is 0 Å². The first-order chi connectivity index (χ1) is 7.46. The molecule has 0 atom stereocenters. The van der Waals surface area contributed by atoms with Crippen LogP contribution in [0.3, 0.4) is 0 Å². The smallest absolute Gasteiger partial charge is 0.350 e. The van der Waals surface area contributed by atoms with Crippen molar-refractivity contribution in [3.8, 4) is 0 Å². The van der Waals surface area contributed by atoms with Gasteiger partial charge in [0, 0.05) is 5.69 Å². The van der Waals surface area contributed by atoms with Crippen molar-refractivity contribution in [3.63, 3.8) is 0 Å².